The number of likely N-dealkylation sites (tertiary alicyclic amines) is 1. The molecule has 9 nitrogen and oxygen atoms in total. The molecule has 2 N–H and O–H groups in total. The Morgan fingerprint density at radius 3 is 2.42 bits per heavy atom. The molecule has 2 amide bonds. The lowest BCUT2D eigenvalue weighted by molar-refractivity contribution is -0.118. The van der Waals surface area contributed by atoms with E-state index in [1.54, 1.807) is 30.2 Å². The number of hydrogen-bond donors (Lipinski definition) is 2. The van der Waals surface area contributed by atoms with Crippen LogP contribution in [0.5, 0.6) is 0 Å². The number of anilines is 2. The molecule has 2 fully saturated rings. The molecule has 3 rings (SSSR count). The van der Waals surface area contributed by atoms with Crippen molar-refractivity contribution >= 4 is 29.3 Å². The van der Waals surface area contributed by atoms with Gasteiger partial charge in [0.15, 0.2) is 0 Å². The van der Waals surface area contributed by atoms with Crippen LogP contribution in [0, 0.1) is 11.3 Å². The van der Waals surface area contributed by atoms with Crippen LogP contribution in [-0.2, 0) is 19.0 Å². The Kier molecular flexibility index (Phi) is 7.51. The molecule has 1 saturated carbocycles. The third-order valence-corrected chi connectivity index (χ3v) is 6.24. The molecule has 33 heavy (non-hydrogen) atoms. The van der Waals surface area contributed by atoms with Crippen molar-refractivity contribution in [2.75, 3.05) is 51.1 Å². The highest BCUT2D eigenvalue weighted by Crippen LogP contribution is 2.59. The first-order valence-corrected chi connectivity index (χ1v) is 11.3. The van der Waals surface area contributed by atoms with E-state index < -0.39 is 11.6 Å². The minimum atomic E-state index is -0.521. The largest absolute Gasteiger partial charge is 0.465 e. The van der Waals surface area contributed by atoms with E-state index >= 15 is 0 Å². The minimum Gasteiger partial charge on any atom is -0.465 e. The summed E-state index contributed by atoms with van der Waals surface area (Å²) in [5, 5.41) is 6.22. The Hall–Kier alpha value is -2.81. The van der Waals surface area contributed by atoms with Gasteiger partial charge >= 0.3 is 12.1 Å². The van der Waals surface area contributed by atoms with Gasteiger partial charge in [-0.2, -0.15) is 0 Å². The number of carbonyl (C=O) groups is 3. The third-order valence-electron chi connectivity index (χ3n) is 6.24. The van der Waals surface area contributed by atoms with E-state index in [-0.39, 0.29) is 23.3 Å². The van der Waals surface area contributed by atoms with E-state index in [1.165, 1.54) is 7.11 Å². The van der Waals surface area contributed by atoms with Crippen LogP contribution >= 0.6 is 0 Å². The molecule has 1 aromatic carbocycles. The monoisotopic (exact) mass is 461 g/mol. The van der Waals surface area contributed by atoms with Gasteiger partial charge in [-0.05, 0) is 63.6 Å². The molecule has 2 aliphatic rings. The normalized spacial score (nSPS) is 19.1. The Bertz CT molecular complexity index is 887. The molecular weight excluding hydrogens is 426 g/mol. The molecule has 1 atom stereocenters. The molecular formula is C24H35N3O6. The van der Waals surface area contributed by atoms with Gasteiger partial charge in [-0.1, -0.05) is 0 Å². The van der Waals surface area contributed by atoms with Gasteiger partial charge in [0.2, 0.25) is 5.91 Å². The van der Waals surface area contributed by atoms with E-state index in [0.717, 1.165) is 19.3 Å². The Morgan fingerprint density at radius 2 is 1.82 bits per heavy atom. The third kappa shape index (κ3) is 6.16. The Balaban J connectivity index is 1.61. The minimum absolute atomic E-state index is 0.0404. The Labute approximate surface area is 195 Å². The van der Waals surface area contributed by atoms with E-state index in [4.69, 9.17) is 14.2 Å². The van der Waals surface area contributed by atoms with Crippen LogP contribution in [0.2, 0.25) is 0 Å². The standard InChI is InChI=1S/C24H35N3O6/c1-23(2,3)33-22(30)27-11-8-24(9-12-27)15-17(24)20(28)26-18-7-6-16(21(29)32-5)14-19(18)25-10-13-31-4/h6-7,14,17,25H,8-13,15H2,1-5H3,(H,26,28). The van der Waals surface area contributed by atoms with Crippen LogP contribution < -0.4 is 10.6 Å². The lowest BCUT2D eigenvalue weighted by atomic mass is 9.90. The van der Waals surface area contributed by atoms with Gasteiger partial charge in [-0.25, -0.2) is 9.59 Å². The van der Waals surface area contributed by atoms with Crippen LogP contribution in [0.25, 0.3) is 0 Å². The van der Waals surface area contributed by atoms with Crippen molar-refractivity contribution in [1.29, 1.82) is 0 Å². The smallest absolute Gasteiger partial charge is 0.410 e. The molecule has 0 aromatic heterocycles. The van der Waals surface area contributed by atoms with Gasteiger partial charge in [-0.15, -0.1) is 0 Å². The average Bonchev–Trinajstić information content (AvgIpc) is 3.46. The predicted octanol–water partition coefficient (Wildman–Crippen LogP) is 3.51. The van der Waals surface area contributed by atoms with Gasteiger partial charge in [0.05, 0.1) is 30.7 Å². The molecule has 0 bridgehead atoms. The summed E-state index contributed by atoms with van der Waals surface area (Å²) in [7, 11) is 2.94. The number of hydrogen-bond acceptors (Lipinski definition) is 7. The van der Waals surface area contributed by atoms with Crippen molar-refractivity contribution in [3.8, 4) is 0 Å². The van der Waals surface area contributed by atoms with E-state index in [9.17, 15) is 14.4 Å². The van der Waals surface area contributed by atoms with Crippen LogP contribution in [-0.4, -0.2) is 68.9 Å². The maximum Gasteiger partial charge on any atom is 0.410 e. The number of amides is 2. The lowest BCUT2D eigenvalue weighted by Gasteiger charge is -2.34. The number of methoxy groups -OCH3 is 2. The van der Waals surface area contributed by atoms with E-state index in [1.807, 2.05) is 20.8 Å². The quantitative estimate of drug-likeness (QED) is 0.473. The summed E-state index contributed by atoms with van der Waals surface area (Å²) in [6.07, 6.45) is 2.08. The first kappa shape index (κ1) is 24.8. The number of ether oxygens (including phenoxy) is 3. The molecule has 1 heterocycles. The fourth-order valence-corrected chi connectivity index (χ4v) is 4.28. The molecule has 182 valence electrons. The summed E-state index contributed by atoms with van der Waals surface area (Å²) in [6, 6.07) is 5.00. The lowest BCUT2D eigenvalue weighted by Crippen LogP contribution is -2.43. The molecule has 1 aromatic rings. The fourth-order valence-electron chi connectivity index (χ4n) is 4.28. The van der Waals surface area contributed by atoms with Crippen molar-refractivity contribution in [1.82, 2.24) is 4.90 Å². The molecule has 0 radical (unpaired) electrons. The number of carbonyl (C=O) groups excluding carboxylic acids is 3. The Morgan fingerprint density at radius 1 is 1.12 bits per heavy atom. The van der Waals surface area contributed by atoms with Gasteiger partial charge in [0, 0.05) is 32.7 Å². The van der Waals surface area contributed by atoms with Crippen LogP contribution in [0.1, 0.15) is 50.4 Å². The molecule has 1 aliphatic heterocycles. The average molecular weight is 462 g/mol. The van der Waals surface area contributed by atoms with Crippen LogP contribution in [0.4, 0.5) is 16.2 Å². The van der Waals surface area contributed by atoms with E-state index in [0.29, 0.717) is 43.2 Å². The number of nitrogens with one attached hydrogen (secondary N) is 2. The zero-order valence-corrected chi connectivity index (χ0v) is 20.2. The summed E-state index contributed by atoms with van der Waals surface area (Å²) in [5.41, 5.74) is 1.06. The molecule has 1 unspecified atom stereocenters. The van der Waals surface area contributed by atoms with Gasteiger partial charge in [0.25, 0.3) is 0 Å². The van der Waals surface area contributed by atoms with Crippen molar-refractivity contribution in [3.05, 3.63) is 23.8 Å². The molecule has 1 aliphatic carbocycles. The van der Waals surface area contributed by atoms with E-state index in [2.05, 4.69) is 10.6 Å². The summed E-state index contributed by atoms with van der Waals surface area (Å²) in [4.78, 5) is 39.0. The number of esters is 1. The number of rotatable bonds is 7. The maximum atomic E-state index is 13.0. The topological polar surface area (TPSA) is 106 Å². The number of nitrogens with zero attached hydrogens (tertiary/aromatic N) is 1. The van der Waals surface area contributed by atoms with Crippen LogP contribution in [0.15, 0.2) is 18.2 Å². The molecule has 9 heteroatoms. The highest BCUT2D eigenvalue weighted by Gasteiger charge is 2.59. The van der Waals surface area contributed by atoms with Crippen molar-refractivity contribution in [2.45, 2.75) is 45.6 Å². The summed E-state index contributed by atoms with van der Waals surface area (Å²) in [5.74, 6) is -0.577. The predicted molar refractivity (Wildman–Crippen MR) is 124 cm³/mol. The van der Waals surface area contributed by atoms with Gasteiger partial charge in [-0.3, -0.25) is 4.79 Å². The summed E-state index contributed by atoms with van der Waals surface area (Å²) < 4.78 is 15.3. The van der Waals surface area contributed by atoms with Crippen molar-refractivity contribution in [3.63, 3.8) is 0 Å². The number of benzene rings is 1. The van der Waals surface area contributed by atoms with Crippen molar-refractivity contribution < 1.29 is 28.6 Å². The second kappa shape index (κ2) is 9.99. The zero-order chi connectivity index (χ0) is 24.2. The molecule has 1 saturated heterocycles. The zero-order valence-electron chi connectivity index (χ0n) is 20.2. The SMILES string of the molecule is COCCNc1cc(C(=O)OC)ccc1NC(=O)C1CC12CCN(C(=O)OC(C)(C)C)CC2. The maximum absolute atomic E-state index is 13.0. The summed E-state index contributed by atoms with van der Waals surface area (Å²) in [6.45, 7) is 7.76. The number of piperidine rings is 1. The van der Waals surface area contributed by atoms with Crippen LogP contribution in [0.3, 0.4) is 0 Å². The summed E-state index contributed by atoms with van der Waals surface area (Å²) >= 11 is 0. The molecule has 1 spiro atoms. The fraction of sp³-hybridized carbons (Fsp3) is 0.625. The highest BCUT2D eigenvalue weighted by molar-refractivity contribution is 5.99. The first-order valence-electron chi connectivity index (χ1n) is 11.3. The second-order valence-electron chi connectivity index (χ2n) is 9.75. The highest BCUT2D eigenvalue weighted by atomic mass is 16.6. The van der Waals surface area contributed by atoms with Gasteiger partial charge in [0.1, 0.15) is 5.60 Å². The first-order chi connectivity index (χ1) is 15.6. The van der Waals surface area contributed by atoms with Crippen molar-refractivity contribution in [2.24, 2.45) is 11.3 Å². The van der Waals surface area contributed by atoms with Gasteiger partial charge < -0.3 is 29.7 Å². The second-order valence-corrected chi connectivity index (χ2v) is 9.75.